The Labute approximate surface area is 174 Å². The van der Waals surface area contributed by atoms with Crippen molar-refractivity contribution in [2.75, 3.05) is 19.6 Å². The van der Waals surface area contributed by atoms with E-state index in [4.69, 9.17) is 16.7 Å². The lowest BCUT2D eigenvalue weighted by molar-refractivity contribution is -0.133. The van der Waals surface area contributed by atoms with Gasteiger partial charge in [0.05, 0.1) is 11.1 Å². The molecule has 2 heterocycles. The second kappa shape index (κ2) is 10.0. The van der Waals surface area contributed by atoms with Crippen molar-refractivity contribution in [1.82, 2.24) is 9.80 Å². The van der Waals surface area contributed by atoms with E-state index in [2.05, 4.69) is 0 Å². The van der Waals surface area contributed by atoms with Gasteiger partial charge in [-0.1, -0.05) is 35.9 Å². The van der Waals surface area contributed by atoms with Gasteiger partial charge < -0.3 is 10.0 Å². The van der Waals surface area contributed by atoms with E-state index in [1.54, 1.807) is 35.2 Å². The molecule has 0 aromatic heterocycles. The highest BCUT2D eigenvalue weighted by Gasteiger charge is 2.37. The molecule has 0 spiro atoms. The monoisotopic (exact) mass is 422 g/mol. The summed E-state index contributed by atoms with van der Waals surface area (Å²) in [7, 11) is 0. The molecule has 29 heavy (non-hydrogen) atoms. The second-order valence-electron chi connectivity index (χ2n) is 7.38. The third-order valence-corrected chi connectivity index (χ3v) is 5.53. The van der Waals surface area contributed by atoms with Crippen LogP contribution in [0.1, 0.15) is 24.8 Å². The van der Waals surface area contributed by atoms with Gasteiger partial charge in [0.2, 0.25) is 5.91 Å². The van der Waals surface area contributed by atoms with Gasteiger partial charge in [-0.05, 0) is 55.6 Å². The van der Waals surface area contributed by atoms with E-state index < -0.39 is 12.0 Å². The van der Waals surface area contributed by atoms with Crippen LogP contribution in [-0.2, 0) is 11.3 Å². The number of aromatic hydroxyl groups is 1. The van der Waals surface area contributed by atoms with Crippen molar-refractivity contribution in [1.29, 1.82) is 0 Å². The maximum atomic E-state index is 13.5. The number of benzene rings is 2. The highest BCUT2D eigenvalue weighted by Crippen LogP contribution is 2.25. The molecule has 2 aliphatic rings. The molecule has 0 radical (unpaired) electrons. The van der Waals surface area contributed by atoms with Crippen molar-refractivity contribution in [3.05, 3.63) is 64.9 Å². The topological polar surface area (TPSA) is 43.8 Å². The lowest BCUT2D eigenvalue weighted by atomic mass is 10.1. The Morgan fingerprint density at radius 1 is 1.10 bits per heavy atom. The highest BCUT2D eigenvalue weighted by molar-refractivity contribution is 6.30. The van der Waals surface area contributed by atoms with E-state index in [0.29, 0.717) is 38.2 Å². The van der Waals surface area contributed by atoms with E-state index in [0.717, 1.165) is 18.5 Å². The Bertz CT molecular complexity index is 822. The number of hydrogen-bond donors (Lipinski definition) is 1. The number of alkyl halides is 1. The normalized spacial score (nSPS) is 22.3. The molecular weight excluding hydrogens is 398 g/mol. The fourth-order valence-corrected chi connectivity index (χ4v) is 3.86. The summed E-state index contributed by atoms with van der Waals surface area (Å²) < 4.78 is 27.0. The number of carbonyl (C=O) groups is 1. The summed E-state index contributed by atoms with van der Waals surface area (Å²) in [5.74, 6) is -0.134. The van der Waals surface area contributed by atoms with Gasteiger partial charge in [0.1, 0.15) is 17.7 Å². The molecule has 4 nitrogen and oxygen atoms in total. The van der Waals surface area contributed by atoms with Gasteiger partial charge in [0.25, 0.3) is 0 Å². The van der Waals surface area contributed by atoms with Crippen LogP contribution in [0.5, 0.6) is 5.75 Å². The standard InChI is InChI=1S/C16H19ClF2N2O.C6H6O/c17-13-4-3-11(8-14(13)19)9-21-7-5-15(16(21)22)20-6-1-2-12(18)10-20;7-6-4-2-1-3-5-6/h3-4,8,12,15H,1-2,5-7,9-10H2;1-5,7H. The van der Waals surface area contributed by atoms with Crippen LogP contribution in [0.4, 0.5) is 8.78 Å². The Balaban J connectivity index is 0.000000290. The average molecular weight is 423 g/mol. The van der Waals surface area contributed by atoms with E-state index in [-0.39, 0.29) is 17.0 Å². The summed E-state index contributed by atoms with van der Waals surface area (Å²) in [6.45, 7) is 2.12. The third-order valence-electron chi connectivity index (χ3n) is 5.22. The zero-order valence-electron chi connectivity index (χ0n) is 16.1. The predicted octanol–water partition coefficient (Wildman–Crippen LogP) is 4.41. The number of halogens is 3. The zero-order chi connectivity index (χ0) is 20.8. The molecular formula is C22H25ClF2N2O2. The van der Waals surface area contributed by atoms with Crippen molar-refractivity contribution in [3.63, 3.8) is 0 Å². The molecule has 0 aliphatic carbocycles. The number of carbonyl (C=O) groups excluding carboxylic acids is 1. The summed E-state index contributed by atoms with van der Waals surface area (Å²) in [4.78, 5) is 16.2. The maximum Gasteiger partial charge on any atom is 0.240 e. The first kappa shape index (κ1) is 21.5. The number of piperidine rings is 1. The molecule has 156 valence electrons. The molecule has 2 fully saturated rings. The minimum atomic E-state index is -0.832. The van der Waals surface area contributed by atoms with Crippen LogP contribution >= 0.6 is 11.6 Å². The van der Waals surface area contributed by atoms with Gasteiger partial charge in [-0.3, -0.25) is 9.69 Å². The fraction of sp³-hybridized carbons (Fsp3) is 0.409. The number of nitrogens with zero attached hydrogens (tertiary/aromatic N) is 2. The van der Waals surface area contributed by atoms with E-state index in [1.165, 1.54) is 12.1 Å². The molecule has 2 aromatic carbocycles. The fourth-order valence-electron chi connectivity index (χ4n) is 3.74. The number of phenols is 1. The van der Waals surface area contributed by atoms with Crippen molar-refractivity contribution in [2.24, 2.45) is 0 Å². The van der Waals surface area contributed by atoms with Crippen LogP contribution in [0.2, 0.25) is 5.02 Å². The smallest absolute Gasteiger partial charge is 0.240 e. The van der Waals surface area contributed by atoms with Crippen molar-refractivity contribution in [2.45, 2.75) is 38.0 Å². The zero-order valence-corrected chi connectivity index (χ0v) is 16.9. The largest absolute Gasteiger partial charge is 0.508 e. The van der Waals surface area contributed by atoms with Crippen molar-refractivity contribution < 1.29 is 18.7 Å². The summed E-state index contributed by atoms with van der Waals surface area (Å²) in [6, 6.07) is 13.1. The van der Waals surface area contributed by atoms with Gasteiger partial charge in [-0.2, -0.15) is 0 Å². The van der Waals surface area contributed by atoms with E-state index in [1.807, 2.05) is 11.0 Å². The SMILES string of the molecule is O=C1C(N2CCCC(F)C2)CCN1Cc1ccc(Cl)c(F)c1.Oc1ccccc1. The molecule has 2 aliphatic heterocycles. The minimum Gasteiger partial charge on any atom is -0.508 e. The summed E-state index contributed by atoms with van der Waals surface area (Å²) >= 11 is 5.67. The van der Waals surface area contributed by atoms with Gasteiger partial charge >= 0.3 is 0 Å². The van der Waals surface area contributed by atoms with Gasteiger partial charge in [0, 0.05) is 19.6 Å². The number of phenolic OH excluding ortho intramolecular Hbond substituents is 1. The molecule has 7 heteroatoms. The van der Waals surface area contributed by atoms with Crippen LogP contribution in [0.15, 0.2) is 48.5 Å². The summed E-state index contributed by atoms with van der Waals surface area (Å²) in [6.07, 6.45) is 1.26. The van der Waals surface area contributed by atoms with Gasteiger partial charge in [0.15, 0.2) is 0 Å². The Morgan fingerprint density at radius 2 is 1.86 bits per heavy atom. The molecule has 2 saturated heterocycles. The van der Waals surface area contributed by atoms with Crippen LogP contribution in [0, 0.1) is 5.82 Å². The Hall–Kier alpha value is -2.18. The van der Waals surface area contributed by atoms with Crippen molar-refractivity contribution in [3.8, 4) is 5.75 Å². The average Bonchev–Trinajstić information content (AvgIpc) is 3.06. The summed E-state index contributed by atoms with van der Waals surface area (Å²) in [5, 5.41) is 8.71. The molecule has 2 atom stereocenters. The number of hydrogen-bond acceptors (Lipinski definition) is 3. The van der Waals surface area contributed by atoms with Crippen LogP contribution in [0.3, 0.4) is 0 Å². The number of rotatable bonds is 3. The lowest BCUT2D eigenvalue weighted by Gasteiger charge is -2.32. The maximum absolute atomic E-state index is 13.5. The number of amides is 1. The lowest BCUT2D eigenvalue weighted by Crippen LogP contribution is -2.47. The first-order chi connectivity index (χ1) is 13.9. The van der Waals surface area contributed by atoms with Gasteiger partial charge in [-0.15, -0.1) is 0 Å². The molecule has 0 saturated carbocycles. The highest BCUT2D eigenvalue weighted by atomic mass is 35.5. The second-order valence-corrected chi connectivity index (χ2v) is 7.79. The molecule has 1 amide bonds. The molecule has 4 rings (SSSR count). The Morgan fingerprint density at radius 3 is 2.48 bits per heavy atom. The molecule has 1 N–H and O–H groups in total. The first-order valence-electron chi connectivity index (χ1n) is 9.79. The van der Waals surface area contributed by atoms with E-state index in [9.17, 15) is 13.6 Å². The number of likely N-dealkylation sites (tertiary alicyclic amines) is 2. The van der Waals surface area contributed by atoms with Crippen molar-refractivity contribution >= 4 is 17.5 Å². The van der Waals surface area contributed by atoms with Crippen LogP contribution in [-0.4, -0.2) is 52.7 Å². The van der Waals surface area contributed by atoms with Gasteiger partial charge in [-0.25, -0.2) is 8.78 Å². The molecule has 2 aromatic rings. The Kier molecular flexibility index (Phi) is 7.45. The van der Waals surface area contributed by atoms with Crippen LogP contribution < -0.4 is 0 Å². The van der Waals surface area contributed by atoms with E-state index >= 15 is 0 Å². The molecule has 0 bridgehead atoms. The number of para-hydroxylation sites is 1. The minimum absolute atomic E-state index is 0.0180. The third kappa shape index (κ3) is 5.90. The quantitative estimate of drug-likeness (QED) is 0.797. The summed E-state index contributed by atoms with van der Waals surface area (Å²) in [5.41, 5.74) is 0.720. The first-order valence-corrected chi connectivity index (χ1v) is 10.2. The predicted molar refractivity (Wildman–Crippen MR) is 109 cm³/mol. The van der Waals surface area contributed by atoms with Crippen LogP contribution in [0.25, 0.3) is 0 Å². The molecule has 2 unspecified atom stereocenters.